The largest absolute Gasteiger partial charge is 0.308 e. The minimum Gasteiger partial charge on any atom is -0.308 e. The van der Waals surface area contributed by atoms with Gasteiger partial charge in [0.05, 0.1) is 5.69 Å². The van der Waals surface area contributed by atoms with Crippen molar-refractivity contribution in [3.8, 4) is 0 Å². The Kier molecular flexibility index (Phi) is 2.29. The summed E-state index contributed by atoms with van der Waals surface area (Å²) in [5.41, 5.74) is 1.13. The SMILES string of the molecule is O=C1CCN(C(F)=S)c2ccccc21. The van der Waals surface area contributed by atoms with E-state index < -0.39 is 5.24 Å². The molecule has 1 aliphatic rings. The van der Waals surface area contributed by atoms with Crippen LogP contribution in [0, 0.1) is 0 Å². The van der Waals surface area contributed by atoms with Gasteiger partial charge in [0.25, 0.3) is 5.24 Å². The molecule has 14 heavy (non-hydrogen) atoms. The van der Waals surface area contributed by atoms with Gasteiger partial charge in [0.15, 0.2) is 5.78 Å². The molecule has 1 aliphatic heterocycles. The Bertz CT molecular complexity index is 405. The lowest BCUT2D eigenvalue weighted by atomic mass is 10.0. The highest BCUT2D eigenvalue weighted by atomic mass is 32.1. The Morgan fingerprint density at radius 3 is 2.86 bits per heavy atom. The Morgan fingerprint density at radius 1 is 1.43 bits per heavy atom. The van der Waals surface area contributed by atoms with Gasteiger partial charge in [-0.25, -0.2) is 0 Å². The minimum absolute atomic E-state index is 0.0492. The van der Waals surface area contributed by atoms with Crippen molar-refractivity contribution in [2.45, 2.75) is 6.42 Å². The molecule has 0 amide bonds. The van der Waals surface area contributed by atoms with Crippen LogP contribution in [0.1, 0.15) is 16.8 Å². The number of carbonyl (C=O) groups excluding carboxylic acids is 1. The smallest absolute Gasteiger partial charge is 0.260 e. The van der Waals surface area contributed by atoms with Crippen molar-refractivity contribution in [1.29, 1.82) is 0 Å². The van der Waals surface area contributed by atoms with Crippen molar-refractivity contribution in [3.63, 3.8) is 0 Å². The zero-order valence-electron chi connectivity index (χ0n) is 7.37. The normalized spacial score (nSPS) is 15.2. The number of thiocarbonyl (C=S) groups is 1. The summed E-state index contributed by atoms with van der Waals surface area (Å²) >= 11 is 4.48. The van der Waals surface area contributed by atoms with Gasteiger partial charge in [-0.3, -0.25) is 4.79 Å². The van der Waals surface area contributed by atoms with Crippen molar-refractivity contribution in [2.24, 2.45) is 0 Å². The van der Waals surface area contributed by atoms with E-state index in [9.17, 15) is 9.18 Å². The number of halogens is 1. The molecule has 4 heteroatoms. The number of hydrogen-bond acceptors (Lipinski definition) is 2. The number of para-hydroxylation sites is 1. The lowest BCUT2D eigenvalue weighted by molar-refractivity contribution is 0.0981. The van der Waals surface area contributed by atoms with Crippen LogP contribution < -0.4 is 4.90 Å². The fraction of sp³-hybridized carbons (Fsp3) is 0.200. The van der Waals surface area contributed by atoms with Crippen LogP contribution in [-0.2, 0) is 0 Å². The van der Waals surface area contributed by atoms with E-state index in [0.29, 0.717) is 24.2 Å². The van der Waals surface area contributed by atoms with Crippen LogP contribution in [0.2, 0.25) is 0 Å². The van der Waals surface area contributed by atoms with Gasteiger partial charge in [0, 0.05) is 18.5 Å². The summed E-state index contributed by atoms with van der Waals surface area (Å²) in [6.07, 6.45) is 0.321. The predicted molar refractivity (Wildman–Crippen MR) is 56.4 cm³/mol. The zero-order valence-corrected chi connectivity index (χ0v) is 8.18. The van der Waals surface area contributed by atoms with E-state index in [1.165, 1.54) is 4.90 Å². The third-order valence-electron chi connectivity index (χ3n) is 2.27. The van der Waals surface area contributed by atoms with E-state index in [4.69, 9.17) is 0 Å². The molecule has 0 aliphatic carbocycles. The Labute approximate surface area is 86.3 Å². The molecule has 0 saturated carbocycles. The second-order valence-electron chi connectivity index (χ2n) is 3.09. The maximum Gasteiger partial charge on any atom is 0.260 e. The van der Waals surface area contributed by atoms with Crippen LogP contribution in [0.25, 0.3) is 0 Å². The number of nitrogens with zero attached hydrogens (tertiary/aromatic N) is 1. The molecule has 72 valence electrons. The van der Waals surface area contributed by atoms with Crippen LogP contribution in [0.3, 0.4) is 0 Å². The topological polar surface area (TPSA) is 20.3 Å². The van der Waals surface area contributed by atoms with Crippen molar-refractivity contribution < 1.29 is 9.18 Å². The van der Waals surface area contributed by atoms with Gasteiger partial charge >= 0.3 is 0 Å². The van der Waals surface area contributed by atoms with Gasteiger partial charge < -0.3 is 4.90 Å². The van der Waals surface area contributed by atoms with Crippen molar-refractivity contribution in [2.75, 3.05) is 11.4 Å². The van der Waals surface area contributed by atoms with Gasteiger partial charge in [0.1, 0.15) is 0 Å². The van der Waals surface area contributed by atoms with Crippen LogP contribution in [0.5, 0.6) is 0 Å². The number of rotatable bonds is 0. The first-order valence-corrected chi connectivity index (χ1v) is 4.70. The van der Waals surface area contributed by atoms with E-state index >= 15 is 0 Å². The van der Waals surface area contributed by atoms with Gasteiger partial charge in [-0.2, -0.15) is 4.39 Å². The highest BCUT2D eigenvalue weighted by Gasteiger charge is 2.24. The quantitative estimate of drug-likeness (QED) is 0.371. The fourth-order valence-electron chi connectivity index (χ4n) is 1.60. The first-order chi connectivity index (χ1) is 6.70. The molecule has 0 spiro atoms. The molecule has 0 atom stereocenters. The number of fused-ring (bicyclic) bond motifs is 1. The maximum atomic E-state index is 12.9. The van der Waals surface area contributed by atoms with Crippen molar-refractivity contribution in [3.05, 3.63) is 29.8 Å². The predicted octanol–water partition coefficient (Wildman–Crippen LogP) is 2.33. The summed E-state index contributed by atoms with van der Waals surface area (Å²) in [6, 6.07) is 6.94. The van der Waals surface area contributed by atoms with Crippen molar-refractivity contribution >= 4 is 28.9 Å². The minimum atomic E-state index is -0.676. The lowest BCUT2D eigenvalue weighted by Crippen LogP contribution is -2.34. The molecule has 1 aromatic carbocycles. The molecule has 2 rings (SSSR count). The number of anilines is 1. The molecule has 0 unspecified atom stereocenters. The van der Waals surface area contributed by atoms with E-state index in [-0.39, 0.29) is 5.78 Å². The Hall–Kier alpha value is -1.29. The highest BCUT2D eigenvalue weighted by molar-refractivity contribution is 7.80. The molecule has 2 nitrogen and oxygen atoms in total. The Balaban J connectivity index is 2.52. The number of carbonyl (C=O) groups is 1. The molecule has 0 aromatic heterocycles. The van der Waals surface area contributed by atoms with E-state index in [2.05, 4.69) is 12.2 Å². The second kappa shape index (κ2) is 3.46. The average molecular weight is 209 g/mol. The third kappa shape index (κ3) is 1.42. The van der Waals surface area contributed by atoms with Crippen LogP contribution in [0.15, 0.2) is 24.3 Å². The average Bonchev–Trinajstić information content (AvgIpc) is 2.18. The molecule has 0 N–H and O–H groups in total. The highest BCUT2D eigenvalue weighted by Crippen LogP contribution is 2.27. The second-order valence-corrected chi connectivity index (χ2v) is 3.43. The molecule has 1 heterocycles. The third-order valence-corrected chi connectivity index (χ3v) is 2.49. The number of hydrogen-bond donors (Lipinski definition) is 0. The van der Waals surface area contributed by atoms with Gasteiger partial charge in [-0.1, -0.05) is 12.1 Å². The molecule has 1 aromatic rings. The van der Waals surface area contributed by atoms with E-state index in [1.807, 2.05) is 0 Å². The summed E-state index contributed by atoms with van der Waals surface area (Å²) in [4.78, 5) is 12.8. The lowest BCUT2D eigenvalue weighted by Gasteiger charge is -2.27. The maximum absolute atomic E-state index is 12.9. The number of Topliss-reactive ketones (excluding diaryl/α,β-unsaturated/α-hetero) is 1. The van der Waals surface area contributed by atoms with Crippen LogP contribution in [-0.4, -0.2) is 17.6 Å². The zero-order chi connectivity index (χ0) is 10.1. The summed E-state index contributed by atoms with van der Waals surface area (Å²) in [6.45, 7) is 0.338. The first-order valence-electron chi connectivity index (χ1n) is 4.29. The summed E-state index contributed by atoms with van der Waals surface area (Å²) in [5, 5.41) is -0.676. The molecule has 0 fully saturated rings. The standard InChI is InChI=1S/C10H8FNOS/c11-10(14)12-6-5-9(13)7-3-1-2-4-8(7)12/h1-4H,5-6H2. The van der Waals surface area contributed by atoms with Gasteiger partial charge in [0.2, 0.25) is 0 Å². The van der Waals surface area contributed by atoms with Crippen molar-refractivity contribution in [1.82, 2.24) is 0 Å². The number of benzene rings is 1. The summed E-state index contributed by atoms with van der Waals surface area (Å²) in [5.74, 6) is 0.0492. The molecule has 0 saturated heterocycles. The van der Waals surface area contributed by atoms with E-state index in [1.54, 1.807) is 24.3 Å². The van der Waals surface area contributed by atoms with E-state index in [0.717, 1.165) is 0 Å². The first kappa shape index (κ1) is 9.27. The summed E-state index contributed by atoms with van der Waals surface area (Å²) < 4.78 is 12.9. The summed E-state index contributed by atoms with van der Waals surface area (Å²) in [7, 11) is 0. The van der Waals surface area contributed by atoms with Gasteiger partial charge in [-0.05, 0) is 24.4 Å². The fourth-order valence-corrected chi connectivity index (χ4v) is 1.79. The number of ketones is 1. The molecular weight excluding hydrogens is 201 g/mol. The molecular formula is C10H8FNOS. The van der Waals surface area contributed by atoms with Crippen LogP contribution >= 0.6 is 12.2 Å². The Morgan fingerprint density at radius 2 is 2.14 bits per heavy atom. The monoisotopic (exact) mass is 209 g/mol. The molecule has 0 radical (unpaired) electrons. The molecule has 0 bridgehead atoms. The van der Waals surface area contributed by atoms with Crippen LogP contribution in [0.4, 0.5) is 10.1 Å². The van der Waals surface area contributed by atoms with Gasteiger partial charge in [-0.15, -0.1) is 0 Å².